The van der Waals surface area contributed by atoms with Crippen molar-refractivity contribution < 1.29 is 9.53 Å². The van der Waals surface area contributed by atoms with E-state index in [9.17, 15) is 4.79 Å². The van der Waals surface area contributed by atoms with Crippen molar-refractivity contribution in [2.45, 2.75) is 19.4 Å². The summed E-state index contributed by atoms with van der Waals surface area (Å²) in [4.78, 5) is 21.2. The summed E-state index contributed by atoms with van der Waals surface area (Å²) in [6.07, 6.45) is 3.84. The molecule has 7 heteroatoms. The highest BCUT2D eigenvalue weighted by Crippen LogP contribution is 2.27. The fraction of sp³-hybridized carbons (Fsp3) is 0.455. The number of nitrogens with zero attached hydrogens (tertiary/aromatic N) is 3. The first kappa shape index (κ1) is 19.5. The van der Waals surface area contributed by atoms with Gasteiger partial charge in [0.2, 0.25) is 0 Å². The number of fused-ring (bicyclic) bond motifs is 1. The number of benzene rings is 1. The Balaban J connectivity index is 1.16. The van der Waals surface area contributed by atoms with Gasteiger partial charge in [-0.2, -0.15) is 0 Å². The molecular formula is C22H29N5O2. The number of carbonyl (C=O) groups excluding carboxylic acids is 1. The van der Waals surface area contributed by atoms with E-state index < -0.39 is 0 Å². The Bertz CT molecular complexity index is 822. The quantitative estimate of drug-likeness (QED) is 0.703. The van der Waals surface area contributed by atoms with Crippen molar-refractivity contribution in [1.82, 2.24) is 15.6 Å². The van der Waals surface area contributed by atoms with Crippen molar-refractivity contribution in [3.63, 3.8) is 0 Å². The van der Waals surface area contributed by atoms with Crippen molar-refractivity contribution >= 4 is 17.5 Å². The molecule has 1 aromatic carbocycles. The van der Waals surface area contributed by atoms with E-state index in [1.807, 2.05) is 12.1 Å². The number of nitrogens with one attached hydrogen (secondary N) is 2. The normalized spacial score (nSPS) is 15.9. The number of pyridine rings is 1. The summed E-state index contributed by atoms with van der Waals surface area (Å²) in [6.45, 7) is 6.36. The molecule has 0 radical (unpaired) electrons. The maximum Gasteiger partial charge on any atom is 0.315 e. The number of hydrogen-bond donors (Lipinski definition) is 2. The Morgan fingerprint density at radius 2 is 1.97 bits per heavy atom. The van der Waals surface area contributed by atoms with Crippen LogP contribution in [0.25, 0.3) is 0 Å². The average Bonchev–Trinajstić information content (AvgIpc) is 3.19. The molecule has 2 N–H and O–H groups in total. The molecule has 29 heavy (non-hydrogen) atoms. The molecular weight excluding hydrogens is 366 g/mol. The minimum Gasteiger partial charge on any atom is -0.378 e. The van der Waals surface area contributed by atoms with E-state index in [0.29, 0.717) is 13.1 Å². The van der Waals surface area contributed by atoms with Gasteiger partial charge in [-0.05, 0) is 42.2 Å². The van der Waals surface area contributed by atoms with Crippen LogP contribution in [-0.4, -0.2) is 57.0 Å². The third kappa shape index (κ3) is 5.17. The van der Waals surface area contributed by atoms with Crippen molar-refractivity contribution in [3.05, 3.63) is 53.7 Å². The zero-order valence-electron chi connectivity index (χ0n) is 16.8. The molecule has 0 unspecified atom stereocenters. The first-order valence-electron chi connectivity index (χ1n) is 10.4. The van der Waals surface area contributed by atoms with Gasteiger partial charge >= 0.3 is 6.03 Å². The average molecular weight is 396 g/mol. The number of para-hydroxylation sites is 1. The smallest absolute Gasteiger partial charge is 0.315 e. The molecule has 1 fully saturated rings. The summed E-state index contributed by atoms with van der Waals surface area (Å²) in [5.41, 5.74) is 3.81. The van der Waals surface area contributed by atoms with Crippen LogP contribution >= 0.6 is 0 Å². The Morgan fingerprint density at radius 3 is 2.86 bits per heavy atom. The first-order valence-corrected chi connectivity index (χ1v) is 10.4. The second kappa shape index (κ2) is 9.60. The van der Waals surface area contributed by atoms with E-state index in [4.69, 9.17) is 4.74 Å². The van der Waals surface area contributed by atoms with E-state index in [-0.39, 0.29) is 6.03 Å². The van der Waals surface area contributed by atoms with E-state index in [1.54, 1.807) is 6.20 Å². The fourth-order valence-corrected chi connectivity index (χ4v) is 3.89. The van der Waals surface area contributed by atoms with Crippen LogP contribution in [0.15, 0.2) is 42.6 Å². The highest BCUT2D eigenvalue weighted by atomic mass is 16.5. The first-order chi connectivity index (χ1) is 14.3. The van der Waals surface area contributed by atoms with Gasteiger partial charge in [0.05, 0.1) is 13.2 Å². The number of hydrogen-bond acceptors (Lipinski definition) is 5. The van der Waals surface area contributed by atoms with Crippen LogP contribution in [-0.2, 0) is 17.7 Å². The standard InChI is InChI=1S/C22H29N5O2/c28-22(24-8-3-10-26-11-7-19-4-1-2-5-20(19)26)25-17-18-6-9-23-21(16-18)27-12-14-29-15-13-27/h1-2,4-6,9,16H,3,7-8,10-15,17H2,(H2,24,25,28). The van der Waals surface area contributed by atoms with Gasteiger partial charge in [-0.3, -0.25) is 0 Å². The predicted molar refractivity (Wildman–Crippen MR) is 114 cm³/mol. The van der Waals surface area contributed by atoms with E-state index in [2.05, 4.69) is 49.7 Å². The largest absolute Gasteiger partial charge is 0.378 e. The minimum atomic E-state index is -0.128. The summed E-state index contributed by atoms with van der Waals surface area (Å²) in [5.74, 6) is 0.943. The molecule has 0 bridgehead atoms. The SMILES string of the molecule is O=C(NCCCN1CCc2ccccc21)NCc1ccnc(N2CCOCC2)c1. The topological polar surface area (TPSA) is 69.7 Å². The van der Waals surface area contributed by atoms with Crippen molar-refractivity contribution in [2.24, 2.45) is 0 Å². The highest BCUT2D eigenvalue weighted by molar-refractivity contribution is 5.73. The number of anilines is 2. The van der Waals surface area contributed by atoms with Gasteiger partial charge in [-0.25, -0.2) is 9.78 Å². The van der Waals surface area contributed by atoms with Crippen LogP contribution in [0.1, 0.15) is 17.5 Å². The molecule has 0 aliphatic carbocycles. The number of aromatic nitrogens is 1. The lowest BCUT2D eigenvalue weighted by Crippen LogP contribution is -2.37. The van der Waals surface area contributed by atoms with Gasteiger partial charge in [0.1, 0.15) is 5.82 Å². The Hall–Kier alpha value is -2.80. The van der Waals surface area contributed by atoms with Crippen molar-refractivity contribution in [1.29, 1.82) is 0 Å². The van der Waals surface area contributed by atoms with Crippen molar-refractivity contribution in [2.75, 3.05) is 55.7 Å². The molecule has 2 aliphatic heterocycles. The Morgan fingerprint density at radius 1 is 1.10 bits per heavy atom. The molecule has 0 atom stereocenters. The number of carbonyl (C=O) groups is 1. The lowest BCUT2D eigenvalue weighted by molar-refractivity contribution is 0.122. The van der Waals surface area contributed by atoms with E-state index in [1.165, 1.54) is 11.3 Å². The summed E-state index contributed by atoms with van der Waals surface area (Å²) in [6, 6.07) is 12.4. The van der Waals surface area contributed by atoms with Gasteiger partial charge in [0, 0.05) is 51.2 Å². The van der Waals surface area contributed by atoms with Crippen LogP contribution in [0, 0.1) is 0 Å². The monoisotopic (exact) mass is 395 g/mol. The maximum atomic E-state index is 12.1. The molecule has 3 heterocycles. The molecule has 1 aromatic heterocycles. The van der Waals surface area contributed by atoms with Gasteiger partial charge in [-0.1, -0.05) is 18.2 Å². The summed E-state index contributed by atoms with van der Waals surface area (Å²) >= 11 is 0. The van der Waals surface area contributed by atoms with Crippen molar-refractivity contribution in [3.8, 4) is 0 Å². The third-order valence-electron chi connectivity index (χ3n) is 5.47. The lowest BCUT2D eigenvalue weighted by Gasteiger charge is -2.28. The number of ether oxygens (including phenoxy) is 1. The molecule has 0 saturated carbocycles. The van der Waals surface area contributed by atoms with Crippen LogP contribution in [0.3, 0.4) is 0 Å². The molecule has 7 nitrogen and oxygen atoms in total. The summed E-state index contributed by atoms with van der Waals surface area (Å²) < 4.78 is 5.39. The molecule has 4 rings (SSSR count). The number of amides is 2. The number of rotatable bonds is 7. The fourth-order valence-electron chi connectivity index (χ4n) is 3.89. The number of morpholine rings is 1. The van der Waals surface area contributed by atoms with Crippen LogP contribution < -0.4 is 20.4 Å². The van der Waals surface area contributed by atoms with Crippen LogP contribution in [0.5, 0.6) is 0 Å². The van der Waals surface area contributed by atoms with Gasteiger partial charge in [-0.15, -0.1) is 0 Å². The maximum absolute atomic E-state index is 12.1. The molecule has 2 amide bonds. The lowest BCUT2D eigenvalue weighted by atomic mass is 10.2. The third-order valence-corrected chi connectivity index (χ3v) is 5.47. The zero-order valence-corrected chi connectivity index (χ0v) is 16.8. The van der Waals surface area contributed by atoms with Crippen LogP contribution in [0.2, 0.25) is 0 Å². The van der Waals surface area contributed by atoms with Gasteiger partial charge in [0.25, 0.3) is 0 Å². The zero-order chi connectivity index (χ0) is 19.9. The number of urea groups is 1. The molecule has 154 valence electrons. The second-order valence-electron chi connectivity index (χ2n) is 7.45. The van der Waals surface area contributed by atoms with E-state index >= 15 is 0 Å². The molecule has 2 aromatic rings. The predicted octanol–water partition coefficient (Wildman–Crippen LogP) is 2.17. The van der Waals surface area contributed by atoms with Gasteiger partial charge < -0.3 is 25.2 Å². The summed E-state index contributed by atoms with van der Waals surface area (Å²) in [5, 5.41) is 5.90. The Labute approximate surface area is 172 Å². The van der Waals surface area contributed by atoms with Crippen LogP contribution in [0.4, 0.5) is 16.3 Å². The van der Waals surface area contributed by atoms with Gasteiger partial charge in [0.15, 0.2) is 0 Å². The molecule has 2 aliphatic rings. The Kier molecular flexibility index (Phi) is 6.46. The minimum absolute atomic E-state index is 0.128. The highest BCUT2D eigenvalue weighted by Gasteiger charge is 2.17. The second-order valence-corrected chi connectivity index (χ2v) is 7.45. The molecule has 1 saturated heterocycles. The van der Waals surface area contributed by atoms with E-state index in [0.717, 1.165) is 63.6 Å². The molecule has 0 spiro atoms. The summed E-state index contributed by atoms with van der Waals surface area (Å²) in [7, 11) is 0.